The van der Waals surface area contributed by atoms with E-state index in [-0.39, 0.29) is 23.3 Å². The molecule has 3 nitrogen and oxygen atoms in total. The van der Waals surface area contributed by atoms with Gasteiger partial charge in [0.1, 0.15) is 5.58 Å². The normalized spacial score (nSPS) is 11.8. The van der Waals surface area contributed by atoms with Gasteiger partial charge in [0.15, 0.2) is 0 Å². The van der Waals surface area contributed by atoms with E-state index in [4.69, 9.17) is 4.42 Å². The van der Waals surface area contributed by atoms with E-state index < -0.39 is 17.7 Å². The topological polar surface area (TPSA) is 39.4 Å². The third kappa shape index (κ3) is 2.18. The van der Waals surface area contributed by atoms with Crippen LogP contribution in [0.1, 0.15) is 23.0 Å². The number of furan rings is 1. The van der Waals surface area contributed by atoms with Gasteiger partial charge in [0.05, 0.1) is 12.2 Å². The lowest BCUT2D eigenvalue weighted by Crippen LogP contribution is -2.05. The van der Waals surface area contributed by atoms with Gasteiger partial charge in [-0.05, 0) is 19.1 Å². The lowest BCUT2D eigenvalue weighted by atomic mass is 10.1. The Morgan fingerprint density at radius 3 is 2.72 bits per heavy atom. The monoisotopic (exact) mass is 258 g/mol. The van der Waals surface area contributed by atoms with Gasteiger partial charge in [0.25, 0.3) is 0 Å². The molecular weight excluding hydrogens is 249 g/mol. The minimum atomic E-state index is -4.52. The summed E-state index contributed by atoms with van der Waals surface area (Å²) in [6, 6.07) is 4.84. The lowest BCUT2D eigenvalue weighted by Gasteiger charge is -2.05. The van der Waals surface area contributed by atoms with Crippen LogP contribution >= 0.6 is 0 Å². The number of halogens is 3. The fourth-order valence-corrected chi connectivity index (χ4v) is 1.59. The van der Waals surface area contributed by atoms with Gasteiger partial charge in [-0.3, -0.25) is 0 Å². The van der Waals surface area contributed by atoms with Crippen molar-refractivity contribution in [1.82, 2.24) is 0 Å². The Morgan fingerprint density at radius 1 is 1.39 bits per heavy atom. The van der Waals surface area contributed by atoms with Crippen molar-refractivity contribution >= 4 is 16.9 Å². The number of alkyl halides is 3. The highest BCUT2D eigenvalue weighted by atomic mass is 19.4. The molecule has 96 valence electrons. The second-order valence-electron chi connectivity index (χ2n) is 3.55. The quantitative estimate of drug-likeness (QED) is 0.772. The van der Waals surface area contributed by atoms with E-state index in [1.54, 1.807) is 6.92 Å². The number of esters is 1. The average molecular weight is 258 g/mol. The summed E-state index contributed by atoms with van der Waals surface area (Å²) in [5, 5.41) is 0.216. The van der Waals surface area contributed by atoms with Crippen LogP contribution in [-0.2, 0) is 10.9 Å². The molecule has 0 aliphatic rings. The van der Waals surface area contributed by atoms with Crippen LogP contribution in [0.5, 0.6) is 0 Å². The molecule has 0 unspecified atom stereocenters. The highest BCUT2D eigenvalue weighted by Gasteiger charge is 2.34. The number of para-hydroxylation sites is 1. The summed E-state index contributed by atoms with van der Waals surface area (Å²) in [7, 11) is 0. The molecule has 0 aliphatic heterocycles. The van der Waals surface area contributed by atoms with Crippen molar-refractivity contribution in [3.63, 3.8) is 0 Å². The van der Waals surface area contributed by atoms with E-state index in [9.17, 15) is 18.0 Å². The molecule has 1 aromatic carbocycles. The molecule has 0 saturated carbocycles. The molecule has 0 amide bonds. The standard InChI is InChI=1S/C12H9F3O3/c1-2-17-11(16)9-6-7-4-3-5-8(10(7)18-9)12(13,14)15/h3-6H,2H2,1H3. The van der Waals surface area contributed by atoms with Crippen molar-refractivity contribution in [3.05, 3.63) is 35.6 Å². The Morgan fingerprint density at radius 2 is 2.11 bits per heavy atom. The first-order valence-electron chi connectivity index (χ1n) is 5.20. The number of carbonyl (C=O) groups excluding carboxylic acids is 1. The third-order valence-corrected chi connectivity index (χ3v) is 2.33. The predicted octanol–water partition coefficient (Wildman–Crippen LogP) is 3.63. The van der Waals surface area contributed by atoms with Crippen LogP contribution in [0, 0.1) is 0 Å². The van der Waals surface area contributed by atoms with E-state index in [0.717, 1.165) is 6.07 Å². The van der Waals surface area contributed by atoms with Gasteiger partial charge in [-0.25, -0.2) is 4.79 Å². The largest absolute Gasteiger partial charge is 0.460 e. The van der Waals surface area contributed by atoms with Crippen LogP contribution in [0.2, 0.25) is 0 Å². The maximum Gasteiger partial charge on any atom is 0.420 e. The summed E-state index contributed by atoms with van der Waals surface area (Å²) in [5.41, 5.74) is -1.26. The summed E-state index contributed by atoms with van der Waals surface area (Å²) in [6.07, 6.45) is -4.52. The molecule has 0 spiro atoms. The Balaban J connectivity index is 2.55. The fourth-order valence-electron chi connectivity index (χ4n) is 1.59. The zero-order chi connectivity index (χ0) is 13.3. The van der Waals surface area contributed by atoms with Crippen LogP contribution in [0.25, 0.3) is 11.0 Å². The zero-order valence-corrected chi connectivity index (χ0v) is 9.38. The molecule has 1 aromatic heterocycles. The van der Waals surface area contributed by atoms with E-state index >= 15 is 0 Å². The lowest BCUT2D eigenvalue weighted by molar-refractivity contribution is -0.136. The molecule has 2 rings (SSSR count). The number of carbonyl (C=O) groups is 1. The molecule has 0 aliphatic carbocycles. The van der Waals surface area contributed by atoms with Gasteiger partial charge >= 0.3 is 12.1 Å². The smallest absolute Gasteiger partial charge is 0.420 e. The highest BCUT2D eigenvalue weighted by molar-refractivity contribution is 5.93. The molecule has 0 radical (unpaired) electrons. The first kappa shape index (κ1) is 12.5. The zero-order valence-electron chi connectivity index (χ0n) is 9.38. The Labute approximate surface area is 100 Å². The van der Waals surface area contributed by atoms with Crippen molar-refractivity contribution < 1.29 is 27.1 Å². The van der Waals surface area contributed by atoms with Crippen LogP contribution in [0.4, 0.5) is 13.2 Å². The maximum absolute atomic E-state index is 12.7. The van der Waals surface area contributed by atoms with Crippen LogP contribution in [0.3, 0.4) is 0 Å². The Bertz CT molecular complexity index is 584. The van der Waals surface area contributed by atoms with Gasteiger partial charge in [-0.2, -0.15) is 13.2 Å². The molecule has 0 bridgehead atoms. The van der Waals surface area contributed by atoms with Crippen molar-refractivity contribution in [2.24, 2.45) is 0 Å². The number of fused-ring (bicyclic) bond motifs is 1. The molecule has 6 heteroatoms. The van der Waals surface area contributed by atoms with Crippen LogP contribution in [0.15, 0.2) is 28.7 Å². The van der Waals surface area contributed by atoms with E-state index in [0.29, 0.717) is 0 Å². The summed E-state index contributed by atoms with van der Waals surface area (Å²) < 4.78 is 47.7. The van der Waals surface area contributed by atoms with E-state index in [1.807, 2.05) is 0 Å². The molecule has 18 heavy (non-hydrogen) atoms. The van der Waals surface area contributed by atoms with Crippen LogP contribution < -0.4 is 0 Å². The van der Waals surface area contributed by atoms with E-state index in [2.05, 4.69) is 4.74 Å². The number of hydrogen-bond donors (Lipinski definition) is 0. The van der Waals surface area contributed by atoms with Gasteiger partial charge < -0.3 is 9.15 Å². The number of ether oxygens (including phenoxy) is 1. The SMILES string of the molecule is CCOC(=O)c1cc2cccc(C(F)(F)F)c2o1. The van der Waals surface area contributed by atoms with Crippen LogP contribution in [-0.4, -0.2) is 12.6 Å². The Kier molecular flexibility index (Phi) is 3.02. The Hall–Kier alpha value is -1.98. The summed E-state index contributed by atoms with van der Waals surface area (Å²) in [5.74, 6) is -1.01. The molecule has 2 aromatic rings. The van der Waals surface area contributed by atoms with Gasteiger partial charge in [-0.15, -0.1) is 0 Å². The molecule has 0 atom stereocenters. The molecule has 1 heterocycles. The highest BCUT2D eigenvalue weighted by Crippen LogP contribution is 2.36. The van der Waals surface area contributed by atoms with Crippen molar-refractivity contribution in [1.29, 1.82) is 0 Å². The maximum atomic E-state index is 12.7. The number of rotatable bonds is 2. The molecule has 0 N–H and O–H groups in total. The first-order chi connectivity index (χ1) is 8.43. The molecule has 0 fully saturated rings. The van der Waals surface area contributed by atoms with Crippen molar-refractivity contribution in [3.8, 4) is 0 Å². The number of benzene rings is 1. The second kappa shape index (κ2) is 4.36. The fraction of sp³-hybridized carbons (Fsp3) is 0.250. The summed E-state index contributed by atoms with van der Waals surface area (Å²) in [4.78, 5) is 11.4. The second-order valence-corrected chi connectivity index (χ2v) is 3.55. The summed E-state index contributed by atoms with van der Waals surface area (Å²) in [6.45, 7) is 1.73. The first-order valence-corrected chi connectivity index (χ1v) is 5.20. The van der Waals surface area contributed by atoms with Crippen molar-refractivity contribution in [2.45, 2.75) is 13.1 Å². The number of hydrogen-bond acceptors (Lipinski definition) is 3. The predicted molar refractivity (Wildman–Crippen MR) is 57.2 cm³/mol. The van der Waals surface area contributed by atoms with E-state index in [1.165, 1.54) is 18.2 Å². The van der Waals surface area contributed by atoms with Gasteiger partial charge in [0.2, 0.25) is 5.76 Å². The van der Waals surface area contributed by atoms with Gasteiger partial charge in [0, 0.05) is 5.39 Å². The molecule has 0 saturated heterocycles. The average Bonchev–Trinajstić information content (AvgIpc) is 2.71. The summed E-state index contributed by atoms with van der Waals surface area (Å²) >= 11 is 0. The minimum absolute atomic E-state index is 0.127. The molecular formula is C12H9F3O3. The van der Waals surface area contributed by atoms with Gasteiger partial charge in [-0.1, -0.05) is 12.1 Å². The van der Waals surface area contributed by atoms with Crippen molar-refractivity contribution in [2.75, 3.05) is 6.61 Å². The third-order valence-electron chi connectivity index (χ3n) is 2.33. The minimum Gasteiger partial charge on any atom is -0.460 e.